The van der Waals surface area contributed by atoms with Crippen molar-refractivity contribution >= 4 is 40.2 Å². The molecular weight excluding hydrogens is 388 g/mol. The van der Waals surface area contributed by atoms with Crippen LogP contribution >= 0.6 is 23.2 Å². The van der Waals surface area contributed by atoms with Crippen LogP contribution in [0.2, 0.25) is 10.0 Å². The molecule has 4 aromatic rings. The van der Waals surface area contributed by atoms with Gasteiger partial charge in [-0.1, -0.05) is 41.4 Å². The second kappa shape index (κ2) is 7.50. The highest BCUT2D eigenvalue weighted by molar-refractivity contribution is 6.31. The van der Waals surface area contributed by atoms with Crippen molar-refractivity contribution in [1.29, 1.82) is 0 Å². The second-order valence-corrected chi connectivity index (χ2v) is 6.83. The predicted octanol–water partition coefficient (Wildman–Crippen LogP) is 5.33. The highest BCUT2D eigenvalue weighted by atomic mass is 35.5. The minimum Gasteiger partial charge on any atom is -0.346 e. The molecule has 27 heavy (non-hydrogen) atoms. The van der Waals surface area contributed by atoms with Gasteiger partial charge in [-0.2, -0.15) is 0 Å². The summed E-state index contributed by atoms with van der Waals surface area (Å²) in [6, 6.07) is 8.59. The molecule has 0 aliphatic rings. The molecule has 5 nitrogen and oxygen atoms in total. The fourth-order valence-corrected chi connectivity index (χ4v) is 3.18. The van der Waals surface area contributed by atoms with E-state index in [1.54, 1.807) is 42.9 Å². The molecule has 0 saturated heterocycles. The SMILES string of the molecule is F[C@H](Nc1ncc(Cc2c[nH]c3ncc(Cl)cc23)cn1)c1ccccc1Cl. The highest BCUT2D eigenvalue weighted by Crippen LogP contribution is 2.26. The number of benzene rings is 1. The first-order valence-electron chi connectivity index (χ1n) is 8.17. The van der Waals surface area contributed by atoms with Gasteiger partial charge in [0, 0.05) is 47.2 Å². The molecule has 0 saturated carbocycles. The first-order valence-corrected chi connectivity index (χ1v) is 8.93. The quantitative estimate of drug-likeness (QED) is 0.443. The van der Waals surface area contributed by atoms with E-state index in [-0.39, 0.29) is 5.95 Å². The summed E-state index contributed by atoms with van der Waals surface area (Å²) in [5.41, 5.74) is 3.03. The Morgan fingerprint density at radius 2 is 1.85 bits per heavy atom. The molecule has 0 aliphatic carbocycles. The summed E-state index contributed by atoms with van der Waals surface area (Å²) in [7, 11) is 0. The molecule has 2 N–H and O–H groups in total. The summed E-state index contributed by atoms with van der Waals surface area (Å²) < 4.78 is 14.4. The summed E-state index contributed by atoms with van der Waals surface area (Å²) in [5.74, 6) is 0.190. The number of alkyl halides is 1. The largest absolute Gasteiger partial charge is 0.346 e. The van der Waals surface area contributed by atoms with Crippen molar-refractivity contribution in [1.82, 2.24) is 19.9 Å². The number of pyridine rings is 1. The van der Waals surface area contributed by atoms with E-state index < -0.39 is 6.30 Å². The number of fused-ring (bicyclic) bond motifs is 1. The Kier molecular flexibility index (Phi) is 4.92. The minimum atomic E-state index is -1.49. The molecule has 0 spiro atoms. The molecule has 1 aromatic carbocycles. The van der Waals surface area contributed by atoms with Crippen LogP contribution in [0.1, 0.15) is 23.0 Å². The Bertz CT molecular complexity index is 1080. The van der Waals surface area contributed by atoms with E-state index in [0.29, 0.717) is 22.0 Å². The van der Waals surface area contributed by atoms with Crippen molar-refractivity contribution in [2.45, 2.75) is 12.7 Å². The van der Waals surface area contributed by atoms with Crippen molar-refractivity contribution in [2.75, 3.05) is 5.32 Å². The van der Waals surface area contributed by atoms with Gasteiger partial charge in [-0.15, -0.1) is 0 Å². The Morgan fingerprint density at radius 3 is 2.63 bits per heavy atom. The van der Waals surface area contributed by atoms with Crippen LogP contribution in [0.4, 0.5) is 10.3 Å². The molecule has 0 aliphatic heterocycles. The fraction of sp³-hybridized carbons (Fsp3) is 0.105. The van der Waals surface area contributed by atoms with Crippen LogP contribution in [0.25, 0.3) is 11.0 Å². The molecule has 0 amide bonds. The van der Waals surface area contributed by atoms with Gasteiger partial charge in [0.15, 0.2) is 6.30 Å². The van der Waals surface area contributed by atoms with E-state index in [2.05, 4.69) is 25.3 Å². The lowest BCUT2D eigenvalue weighted by atomic mass is 10.1. The molecule has 4 rings (SSSR count). The summed E-state index contributed by atoms with van der Waals surface area (Å²) in [4.78, 5) is 15.7. The maximum absolute atomic E-state index is 14.4. The lowest BCUT2D eigenvalue weighted by Gasteiger charge is -2.12. The van der Waals surface area contributed by atoms with Crippen molar-refractivity contribution < 1.29 is 4.39 Å². The van der Waals surface area contributed by atoms with Gasteiger partial charge in [-0.3, -0.25) is 0 Å². The molecule has 3 aromatic heterocycles. The van der Waals surface area contributed by atoms with Crippen LogP contribution in [0.3, 0.4) is 0 Å². The molecule has 0 fully saturated rings. The number of anilines is 1. The lowest BCUT2D eigenvalue weighted by molar-refractivity contribution is 0.383. The number of aromatic nitrogens is 4. The zero-order valence-corrected chi connectivity index (χ0v) is 15.5. The van der Waals surface area contributed by atoms with Crippen molar-refractivity contribution in [3.63, 3.8) is 0 Å². The third kappa shape index (κ3) is 3.86. The molecular formula is C19H14Cl2FN5. The summed E-state index contributed by atoms with van der Waals surface area (Å²) in [6.07, 6.45) is 5.91. The molecule has 0 bridgehead atoms. The van der Waals surface area contributed by atoms with Gasteiger partial charge in [-0.25, -0.2) is 19.3 Å². The number of hydrogen-bond donors (Lipinski definition) is 2. The molecule has 1 atom stereocenters. The first kappa shape index (κ1) is 17.7. The van der Waals surface area contributed by atoms with E-state index in [9.17, 15) is 4.39 Å². The predicted molar refractivity (Wildman–Crippen MR) is 105 cm³/mol. The molecule has 3 heterocycles. The van der Waals surface area contributed by atoms with Gasteiger partial charge in [0.1, 0.15) is 5.65 Å². The van der Waals surface area contributed by atoms with Crippen LogP contribution in [-0.4, -0.2) is 19.9 Å². The topological polar surface area (TPSA) is 66.5 Å². The van der Waals surface area contributed by atoms with Crippen LogP contribution < -0.4 is 5.32 Å². The number of rotatable bonds is 5. The van der Waals surface area contributed by atoms with Gasteiger partial charge in [-0.05, 0) is 23.3 Å². The van der Waals surface area contributed by atoms with E-state index >= 15 is 0 Å². The van der Waals surface area contributed by atoms with E-state index in [4.69, 9.17) is 23.2 Å². The van der Waals surface area contributed by atoms with E-state index in [0.717, 1.165) is 22.2 Å². The number of nitrogens with zero attached hydrogens (tertiary/aromatic N) is 3. The normalized spacial score (nSPS) is 12.3. The van der Waals surface area contributed by atoms with Crippen molar-refractivity contribution in [3.8, 4) is 0 Å². The first-order chi connectivity index (χ1) is 13.1. The maximum Gasteiger partial charge on any atom is 0.225 e. The van der Waals surface area contributed by atoms with E-state index in [1.807, 2.05) is 12.3 Å². The summed E-state index contributed by atoms with van der Waals surface area (Å²) in [5, 5.41) is 4.49. The highest BCUT2D eigenvalue weighted by Gasteiger charge is 2.14. The van der Waals surface area contributed by atoms with Crippen LogP contribution in [0.15, 0.2) is 55.1 Å². The van der Waals surface area contributed by atoms with Crippen LogP contribution in [-0.2, 0) is 6.42 Å². The van der Waals surface area contributed by atoms with Gasteiger partial charge < -0.3 is 10.3 Å². The Balaban J connectivity index is 1.49. The van der Waals surface area contributed by atoms with Gasteiger partial charge in [0.25, 0.3) is 0 Å². The van der Waals surface area contributed by atoms with Gasteiger partial charge >= 0.3 is 0 Å². The molecule has 8 heteroatoms. The number of hydrogen-bond acceptors (Lipinski definition) is 4. The van der Waals surface area contributed by atoms with Gasteiger partial charge in [0.2, 0.25) is 5.95 Å². The number of aromatic amines is 1. The Morgan fingerprint density at radius 1 is 1.07 bits per heavy atom. The number of halogens is 3. The van der Waals surface area contributed by atoms with Crippen LogP contribution in [0.5, 0.6) is 0 Å². The molecule has 0 unspecified atom stereocenters. The minimum absolute atomic E-state index is 0.190. The zero-order chi connectivity index (χ0) is 18.8. The lowest BCUT2D eigenvalue weighted by Crippen LogP contribution is -2.09. The average molecular weight is 402 g/mol. The second-order valence-electron chi connectivity index (χ2n) is 5.98. The average Bonchev–Trinajstić information content (AvgIpc) is 3.05. The number of H-pyrrole nitrogens is 1. The zero-order valence-electron chi connectivity index (χ0n) is 14.0. The third-order valence-electron chi connectivity index (χ3n) is 4.12. The van der Waals surface area contributed by atoms with Crippen molar-refractivity contribution in [2.24, 2.45) is 0 Å². The maximum atomic E-state index is 14.4. The number of nitrogens with one attached hydrogen (secondary N) is 2. The van der Waals surface area contributed by atoms with Crippen LogP contribution in [0, 0.1) is 0 Å². The monoisotopic (exact) mass is 401 g/mol. The van der Waals surface area contributed by atoms with E-state index in [1.165, 1.54) is 0 Å². The summed E-state index contributed by atoms with van der Waals surface area (Å²) in [6.45, 7) is 0. The fourth-order valence-electron chi connectivity index (χ4n) is 2.79. The molecule has 136 valence electrons. The molecule has 0 radical (unpaired) electrons. The smallest absolute Gasteiger partial charge is 0.225 e. The van der Waals surface area contributed by atoms with Gasteiger partial charge in [0.05, 0.1) is 5.02 Å². The van der Waals surface area contributed by atoms with Crippen molar-refractivity contribution in [3.05, 3.63) is 81.9 Å². The summed E-state index contributed by atoms with van der Waals surface area (Å²) >= 11 is 12.0. The Hall–Kier alpha value is -2.70. The Labute approximate surface area is 164 Å². The standard InChI is InChI=1S/C19H14Cl2FN5/c20-13-6-15-12(9-23-18(15)24-10-13)5-11-7-25-19(26-8-11)27-17(22)14-3-1-2-4-16(14)21/h1-4,6-10,17H,5H2,(H,23,24)(H,25,26,27)/t17-/m1/s1. The third-order valence-corrected chi connectivity index (χ3v) is 4.67.